The van der Waals surface area contributed by atoms with Crippen LogP contribution in [-0.4, -0.2) is 0 Å². The number of hydrogen-bond donors (Lipinski definition) is 0. The highest BCUT2D eigenvalue weighted by atomic mass is 79.9. The average Bonchev–Trinajstić information content (AvgIpc) is 2.47. The summed E-state index contributed by atoms with van der Waals surface area (Å²) in [5, 5.41) is 2.26. The SMILES string of the molecule is Cc1cccc(C(Cl)c2ccc(Br)c3ccccc23)c1. The van der Waals surface area contributed by atoms with Crippen LogP contribution in [0.2, 0.25) is 0 Å². The van der Waals surface area contributed by atoms with Crippen molar-refractivity contribution in [3.8, 4) is 0 Å². The molecule has 100 valence electrons. The maximum atomic E-state index is 6.72. The third-order valence-corrected chi connectivity index (χ3v) is 4.69. The minimum absolute atomic E-state index is 0.132. The van der Waals surface area contributed by atoms with Crippen LogP contribution in [-0.2, 0) is 0 Å². The molecule has 0 nitrogen and oxygen atoms in total. The molecule has 0 aliphatic heterocycles. The van der Waals surface area contributed by atoms with Crippen molar-refractivity contribution < 1.29 is 0 Å². The molecule has 0 spiro atoms. The summed E-state index contributed by atoms with van der Waals surface area (Å²) in [5.41, 5.74) is 3.52. The van der Waals surface area contributed by atoms with Crippen LogP contribution in [0, 0.1) is 6.92 Å². The van der Waals surface area contributed by atoms with Crippen LogP contribution in [0.25, 0.3) is 10.8 Å². The van der Waals surface area contributed by atoms with E-state index in [0.717, 1.165) is 15.6 Å². The van der Waals surface area contributed by atoms with Crippen molar-refractivity contribution in [3.63, 3.8) is 0 Å². The van der Waals surface area contributed by atoms with E-state index in [4.69, 9.17) is 11.6 Å². The zero-order valence-corrected chi connectivity index (χ0v) is 13.4. The van der Waals surface area contributed by atoms with Gasteiger partial charge in [0, 0.05) is 4.47 Å². The Morgan fingerprint density at radius 3 is 2.40 bits per heavy atom. The number of benzene rings is 3. The second kappa shape index (κ2) is 5.59. The molecule has 0 saturated heterocycles. The lowest BCUT2D eigenvalue weighted by Gasteiger charge is -2.15. The van der Waals surface area contributed by atoms with Gasteiger partial charge in [0.25, 0.3) is 0 Å². The van der Waals surface area contributed by atoms with Gasteiger partial charge in [-0.3, -0.25) is 0 Å². The van der Waals surface area contributed by atoms with E-state index in [2.05, 4.69) is 77.5 Å². The van der Waals surface area contributed by atoms with Crippen molar-refractivity contribution in [3.05, 3.63) is 81.8 Å². The van der Waals surface area contributed by atoms with Gasteiger partial charge in [-0.05, 0) is 34.9 Å². The van der Waals surface area contributed by atoms with Crippen molar-refractivity contribution >= 4 is 38.3 Å². The van der Waals surface area contributed by atoms with Crippen LogP contribution in [0.5, 0.6) is 0 Å². The lowest BCUT2D eigenvalue weighted by Crippen LogP contribution is -1.95. The number of halogens is 2. The van der Waals surface area contributed by atoms with Gasteiger partial charge in [-0.2, -0.15) is 0 Å². The molecule has 0 saturated carbocycles. The fourth-order valence-electron chi connectivity index (χ4n) is 2.51. The molecule has 2 heteroatoms. The number of hydrogen-bond acceptors (Lipinski definition) is 0. The summed E-state index contributed by atoms with van der Waals surface area (Å²) < 4.78 is 1.10. The van der Waals surface area contributed by atoms with Crippen molar-refractivity contribution in [2.45, 2.75) is 12.3 Å². The zero-order chi connectivity index (χ0) is 14.1. The van der Waals surface area contributed by atoms with E-state index in [1.165, 1.54) is 16.3 Å². The highest BCUT2D eigenvalue weighted by Crippen LogP contribution is 2.36. The highest BCUT2D eigenvalue weighted by molar-refractivity contribution is 9.10. The van der Waals surface area contributed by atoms with Crippen molar-refractivity contribution in [1.29, 1.82) is 0 Å². The van der Waals surface area contributed by atoms with Crippen LogP contribution in [0.1, 0.15) is 22.1 Å². The van der Waals surface area contributed by atoms with Crippen molar-refractivity contribution in [1.82, 2.24) is 0 Å². The van der Waals surface area contributed by atoms with Gasteiger partial charge >= 0.3 is 0 Å². The summed E-state index contributed by atoms with van der Waals surface area (Å²) in [6.45, 7) is 2.09. The Morgan fingerprint density at radius 2 is 1.65 bits per heavy atom. The summed E-state index contributed by atoms with van der Waals surface area (Å²) >= 11 is 10.3. The quantitative estimate of drug-likeness (QED) is 0.482. The Balaban J connectivity index is 2.17. The summed E-state index contributed by atoms with van der Waals surface area (Å²) in [6, 6.07) is 20.9. The van der Waals surface area contributed by atoms with Gasteiger partial charge < -0.3 is 0 Å². The van der Waals surface area contributed by atoms with Crippen LogP contribution < -0.4 is 0 Å². The van der Waals surface area contributed by atoms with E-state index >= 15 is 0 Å². The van der Waals surface area contributed by atoms with Crippen molar-refractivity contribution in [2.24, 2.45) is 0 Å². The molecule has 3 aromatic rings. The van der Waals surface area contributed by atoms with Gasteiger partial charge in [-0.25, -0.2) is 0 Å². The van der Waals surface area contributed by atoms with Crippen LogP contribution in [0.3, 0.4) is 0 Å². The molecular formula is C18H14BrCl. The number of rotatable bonds is 2. The molecule has 1 atom stereocenters. The monoisotopic (exact) mass is 344 g/mol. The molecule has 1 unspecified atom stereocenters. The van der Waals surface area contributed by atoms with Gasteiger partial charge in [-0.1, -0.05) is 76.1 Å². The van der Waals surface area contributed by atoms with Gasteiger partial charge in [0.05, 0.1) is 5.38 Å². The van der Waals surface area contributed by atoms with E-state index in [9.17, 15) is 0 Å². The molecule has 0 radical (unpaired) electrons. The predicted molar refractivity (Wildman–Crippen MR) is 90.5 cm³/mol. The summed E-state index contributed by atoms with van der Waals surface area (Å²) in [4.78, 5) is 0. The zero-order valence-electron chi connectivity index (χ0n) is 11.1. The Kier molecular flexibility index (Phi) is 3.82. The fraction of sp³-hybridized carbons (Fsp3) is 0.111. The maximum Gasteiger partial charge on any atom is 0.0841 e. The van der Waals surface area contributed by atoms with E-state index in [1.807, 2.05) is 6.07 Å². The van der Waals surface area contributed by atoms with E-state index in [0.29, 0.717) is 0 Å². The topological polar surface area (TPSA) is 0 Å². The average molecular weight is 346 g/mol. The summed E-state index contributed by atoms with van der Waals surface area (Å²) in [7, 11) is 0. The van der Waals surface area contributed by atoms with Gasteiger partial charge in [0.1, 0.15) is 0 Å². The van der Waals surface area contributed by atoms with E-state index in [1.54, 1.807) is 0 Å². The first-order chi connectivity index (χ1) is 9.66. The fourth-order valence-corrected chi connectivity index (χ4v) is 3.32. The highest BCUT2D eigenvalue weighted by Gasteiger charge is 2.14. The molecule has 0 aliphatic rings. The standard InChI is InChI=1S/C18H14BrCl/c1-12-5-4-6-13(11-12)18(20)16-9-10-17(19)15-8-3-2-7-14(15)16/h2-11,18H,1H3. The van der Waals surface area contributed by atoms with Gasteiger partial charge in [0.15, 0.2) is 0 Å². The first kappa shape index (κ1) is 13.7. The first-order valence-corrected chi connectivity index (χ1v) is 7.77. The van der Waals surface area contributed by atoms with E-state index in [-0.39, 0.29) is 5.38 Å². The Morgan fingerprint density at radius 1 is 0.900 bits per heavy atom. The molecule has 0 bridgehead atoms. The van der Waals surface area contributed by atoms with Crippen LogP contribution in [0.4, 0.5) is 0 Å². The minimum Gasteiger partial charge on any atom is -0.113 e. The molecule has 0 aromatic heterocycles. The predicted octanol–water partition coefficient (Wildman–Crippen LogP) is 6.24. The molecule has 3 rings (SSSR count). The number of alkyl halides is 1. The Labute approximate surface area is 132 Å². The molecule has 0 aliphatic carbocycles. The third kappa shape index (κ3) is 2.48. The van der Waals surface area contributed by atoms with Crippen LogP contribution >= 0.6 is 27.5 Å². The summed E-state index contributed by atoms with van der Waals surface area (Å²) in [6.07, 6.45) is 0. The second-order valence-electron chi connectivity index (χ2n) is 4.96. The van der Waals surface area contributed by atoms with Crippen LogP contribution in [0.15, 0.2) is 65.1 Å². The molecule has 0 N–H and O–H groups in total. The van der Waals surface area contributed by atoms with Gasteiger partial charge in [-0.15, -0.1) is 11.6 Å². The first-order valence-electron chi connectivity index (χ1n) is 6.54. The maximum absolute atomic E-state index is 6.72. The Bertz CT molecular complexity index is 764. The number of fused-ring (bicyclic) bond motifs is 1. The smallest absolute Gasteiger partial charge is 0.0841 e. The van der Waals surface area contributed by atoms with Crippen molar-refractivity contribution in [2.75, 3.05) is 0 Å². The second-order valence-corrected chi connectivity index (χ2v) is 6.25. The lowest BCUT2D eigenvalue weighted by molar-refractivity contribution is 1.15. The lowest BCUT2D eigenvalue weighted by atomic mass is 9.97. The minimum atomic E-state index is -0.132. The molecule has 0 amide bonds. The van der Waals surface area contributed by atoms with E-state index < -0.39 is 0 Å². The summed E-state index contributed by atoms with van der Waals surface area (Å²) in [5.74, 6) is 0. The largest absolute Gasteiger partial charge is 0.113 e. The normalized spacial score (nSPS) is 12.6. The Hall–Kier alpha value is -1.31. The van der Waals surface area contributed by atoms with Gasteiger partial charge in [0.2, 0.25) is 0 Å². The third-order valence-electron chi connectivity index (χ3n) is 3.51. The molecule has 0 heterocycles. The number of aryl methyl sites for hydroxylation is 1. The molecule has 0 fully saturated rings. The molecular weight excluding hydrogens is 332 g/mol. The molecule has 20 heavy (non-hydrogen) atoms. The molecule has 3 aromatic carbocycles.